The van der Waals surface area contributed by atoms with Gasteiger partial charge in [-0.25, -0.2) is 0 Å². The summed E-state index contributed by atoms with van der Waals surface area (Å²) < 4.78 is 12.0. The van der Waals surface area contributed by atoms with Crippen molar-refractivity contribution in [1.29, 1.82) is 0 Å². The van der Waals surface area contributed by atoms with Gasteiger partial charge in [0.05, 0.1) is 0 Å². The zero-order chi connectivity index (χ0) is 15.1. The first-order chi connectivity index (χ1) is 9.10. The van der Waals surface area contributed by atoms with E-state index in [0.29, 0.717) is 17.7 Å². The van der Waals surface area contributed by atoms with Gasteiger partial charge in [-0.1, -0.05) is 20.8 Å². The maximum absolute atomic E-state index is 6.27. The Morgan fingerprint density at radius 3 is 2.40 bits per heavy atom. The molecule has 0 amide bonds. The summed E-state index contributed by atoms with van der Waals surface area (Å²) in [5, 5.41) is 8.47. The minimum Gasteiger partial charge on any atom is -0.422 e. The van der Waals surface area contributed by atoms with Crippen LogP contribution < -0.4 is 5.73 Å². The maximum atomic E-state index is 6.27. The molecule has 20 heavy (non-hydrogen) atoms. The molecule has 1 saturated carbocycles. The number of nitrogens with two attached hydrogens (primary N) is 1. The Kier molecular flexibility index (Phi) is 4.10. The highest BCUT2D eigenvalue weighted by molar-refractivity contribution is 6.74. The molecular formula is C14H27N3O2Si. The average molecular weight is 297 g/mol. The Bertz CT molecular complexity index is 461. The molecule has 0 aromatic carbocycles. The van der Waals surface area contributed by atoms with Crippen LogP contribution in [0.25, 0.3) is 0 Å². The quantitative estimate of drug-likeness (QED) is 0.863. The van der Waals surface area contributed by atoms with Crippen molar-refractivity contribution in [3.63, 3.8) is 0 Å². The third kappa shape index (κ3) is 3.12. The molecule has 1 heterocycles. The van der Waals surface area contributed by atoms with Crippen LogP contribution in [0.1, 0.15) is 64.3 Å². The Hall–Kier alpha value is -0.723. The molecule has 1 aliphatic carbocycles. The van der Waals surface area contributed by atoms with E-state index < -0.39 is 8.32 Å². The van der Waals surface area contributed by atoms with Crippen LogP contribution in [0.2, 0.25) is 18.1 Å². The summed E-state index contributed by atoms with van der Waals surface area (Å²) in [6, 6.07) is 0.288. The molecule has 5 nitrogen and oxygen atoms in total. The van der Waals surface area contributed by atoms with Gasteiger partial charge < -0.3 is 14.6 Å². The number of rotatable bonds is 4. The molecule has 0 spiro atoms. The van der Waals surface area contributed by atoms with E-state index in [-0.39, 0.29) is 17.2 Å². The Labute approximate surface area is 122 Å². The summed E-state index contributed by atoms with van der Waals surface area (Å²) >= 11 is 0. The van der Waals surface area contributed by atoms with Crippen molar-refractivity contribution in [2.45, 2.75) is 76.7 Å². The third-order valence-corrected chi connectivity index (χ3v) is 9.16. The van der Waals surface area contributed by atoms with Gasteiger partial charge >= 0.3 is 0 Å². The van der Waals surface area contributed by atoms with E-state index in [1.54, 1.807) is 0 Å². The molecule has 1 atom stereocenters. The van der Waals surface area contributed by atoms with Gasteiger partial charge in [-0.15, -0.1) is 10.2 Å². The lowest BCUT2D eigenvalue weighted by atomic mass is 9.81. The van der Waals surface area contributed by atoms with Crippen LogP contribution in [0.4, 0.5) is 0 Å². The third-order valence-electron chi connectivity index (χ3n) is 4.61. The van der Waals surface area contributed by atoms with Crippen LogP contribution in [0.5, 0.6) is 0 Å². The minimum absolute atomic E-state index is 0.147. The standard InChI is InChI=1S/C14H27N3O2Si/c1-9(19-20(5,6)14(2,3)4)12-16-17-13(18-12)10-7-11(15)8-10/h9-11H,7-8,15H2,1-6H3/t9-,10-,11-/m1/s1. The fourth-order valence-electron chi connectivity index (χ4n) is 2.11. The number of hydrogen-bond donors (Lipinski definition) is 1. The zero-order valence-electron chi connectivity index (χ0n) is 13.4. The summed E-state index contributed by atoms with van der Waals surface area (Å²) in [6.45, 7) is 13.1. The topological polar surface area (TPSA) is 74.2 Å². The zero-order valence-corrected chi connectivity index (χ0v) is 14.4. The minimum atomic E-state index is -1.82. The summed E-state index contributed by atoms with van der Waals surface area (Å²) in [7, 11) is -1.82. The van der Waals surface area contributed by atoms with Gasteiger partial charge in [-0.3, -0.25) is 0 Å². The van der Waals surface area contributed by atoms with E-state index in [0.717, 1.165) is 12.8 Å². The second kappa shape index (κ2) is 5.24. The first kappa shape index (κ1) is 15.7. The predicted octanol–water partition coefficient (Wildman–Crippen LogP) is 3.36. The SMILES string of the molecule is C[C@@H](O[Si](C)(C)C(C)(C)C)c1nnc([C@H]2C[C@H](N)C2)o1. The van der Waals surface area contributed by atoms with Crippen molar-refractivity contribution >= 4 is 8.32 Å². The van der Waals surface area contributed by atoms with Gasteiger partial charge in [0.25, 0.3) is 0 Å². The molecule has 0 aliphatic heterocycles. The van der Waals surface area contributed by atoms with E-state index in [1.165, 1.54) is 0 Å². The monoisotopic (exact) mass is 297 g/mol. The van der Waals surface area contributed by atoms with Gasteiger partial charge in [-0.2, -0.15) is 0 Å². The van der Waals surface area contributed by atoms with Crippen molar-refractivity contribution in [2.75, 3.05) is 0 Å². The highest BCUT2D eigenvalue weighted by Gasteiger charge is 2.40. The summed E-state index contributed by atoms with van der Waals surface area (Å²) in [4.78, 5) is 0. The van der Waals surface area contributed by atoms with E-state index in [2.05, 4.69) is 44.1 Å². The molecule has 2 N–H and O–H groups in total. The Morgan fingerprint density at radius 1 is 1.30 bits per heavy atom. The van der Waals surface area contributed by atoms with Crippen LogP contribution in [0.3, 0.4) is 0 Å². The van der Waals surface area contributed by atoms with Gasteiger partial charge in [0.2, 0.25) is 11.8 Å². The second-order valence-corrected chi connectivity index (χ2v) is 12.2. The van der Waals surface area contributed by atoms with Gasteiger partial charge in [0.1, 0.15) is 6.10 Å². The van der Waals surface area contributed by atoms with Crippen molar-refractivity contribution in [2.24, 2.45) is 5.73 Å². The number of hydrogen-bond acceptors (Lipinski definition) is 5. The van der Waals surface area contributed by atoms with Crippen LogP contribution >= 0.6 is 0 Å². The van der Waals surface area contributed by atoms with Crippen molar-refractivity contribution in [3.8, 4) is 0 Å². The smallest absolute Gasteiger partial charge is 0.243 e. The fraction of sp³-hybridized carbons (Fsp3) is 0.857. The molecule has 1 aromatic heterocycles. The van der Waals surface area contributed by atoms with Crippen LogP contribution in [0, 0.1) is 0 Å². The van der Waals surface area contributed by atoms with Crippen LogP contribution in [0.15, 0.2) is 4.42 Å². The molecule has 1 aliphatic rings. The van der Waals surface area contributed by atoms with E-state index in [9.17, 15) is 0 Å². The molecule has 0 radical (unpaired) electrons. The van der Waals surface area contributed by atoms with E-state index >= 15 is 0 Å². The van der Waals surface area contributed by atoms with E-state index in [4.69, 9.17) is 14.6 Å². The normalized spacial score (nSPS) is 25.4. The molecular weight excluding hydrogens is 270 g/mol. The Morgan fingerprint density at radius 2 is 1.90 bits per heavy atom. The lowest BCUT2D eigenvalue weighted by Gasteiger charge is -2.37. The molecule has 0 bridgehead atoms. The van der Waals surface area contributed by atoms with Gasteiger partial charge in [0, 0.05) is 12.0 Å². The molecule has 2 rings (SSSR count). The molecule has 114 valence electrons. The summed E-state index contributed by atoms with van der Waals surface area (Å²) in [6.07, 6.45) is 1.74. The maximum Gasteiger partial charge on any atom is 0.243 e. The average Bonchev–Trinajstić information content (AvgIpc) is 2.71. The Balaban J connectivity index is 2.01. The molecule has 0 unspecified atom stereocenters. The summed E-state index contributed by atoms with van der Waals surface area (Å²) in [5.74, 6) is 1.64. The van der Waals surface area contributed by atoms with Crippen molar-refractivity contribution in [1.82, 2.24) is 10.2 Å². The highest BCUT2D eigenvalue weighted by atomic mass is 28.4. The van der Waals surface area contributed by atoms with Crippen molar-refractivity contribution < 1.29 is 8.84 Å². The van der Waals surface area contributed by atoms with E-state index in [1.807, 2.05) is 6.92 Å². The van der Waals surface area contributed by atoms with Crippen LogP contribution in [-0.4, -0.2) is 24.6 Å². The number of aromatic nitrogens is 2. The first-order valence-corrected chi connectivity index (χ1v) is 10.3. The fourth-order valence-corrected chi connectivity index (χ4v) is 3.45. The van der Waals surface area contributed by atoms with Crippen LogP contribution in [-0.2, 0) is 4.43 Å². The lowest BCUT2D eigenvalue weighted by molar-refractivity contribution is 0.162. The second-order valence-electron chi connectivity index (χ2n) is 7.43. The number of nitrogens with zero attached hydrogens (tertiary/aromatic N) is 2. The van der Waals surface area contributed by atoms with Gasteiger partial charge in [-0.05, 0) is 37.9 Å². The molecule has 6 heteroatoms. The largest absolute Gasteiger partial charge is 0.422 e. The van der Waals surface area contributed by atoms with Crippen molar-refractivity contribution in [3.05, 3.63) is 11.8 Å². The first-order valence-electron chi connectivity index (χ1n) is 7.37. The summed E-state index contributed by atoms with van der Waals surface area (Å²) in [5.41, 5.74) is 5.79. The molecule has 0 saturated heterocycles. The molecule has 1 fully saturated rings. The lowest BCUT2D eigenvalue weighted by Crippen LogP contribution is -2.41. The predicted molar refractivity (Wildman–Crippen MR) is 80.9 cm³/mol. The highest BCUT2D eigenvalue weighted by Crippen LogP contribution is 2.40. The molecule has 1 aromatic rings. The van der Waals surface area contributed by atoms with Gasteiger partial charge in [0.15, 0.2) is 8.32 Å².